The van der Waals surface area contributed by atoms with Crippen LogP contribution in [0.25, 0.3) is 0 Å². The second-order valence-corrected chi connectivity index (χ2v) is 3.82. The van der Waals surface area contributed by atoms with Crippen LogP contribution in [0.5, 0.6) is 0 Å². The molecule has 0 atom stereocenters. The number of carboxylic acid groups (broad SMARTS) is 1. The number of anilines is 1. The second kappa shape index (κ2) is 6.03. The van der Waals surface area contributed by atoms with Crippen LogP contribution in [0.15, 0.2) is 24.3 Å². The zero-order valence-corrected chi connectivity index (χ0v) is 10.1. The van der Waals surface area contributed by atoms with Crippen LogP contribution in [-0.4, -0.2) is 23.5 Å². The van der Waals surface area contributed by atoms with Crippen molar-refractivity contribution in [3.8, 4) is 0 Å². The molecule has 4 heteroatoms. The van der Waals surface area contributed by atoms with E-state index < -0.39 is 5.97 Å². The van der Waals surface area contributed by atoms with Crippen LogP contribution in [0, 0.1) is 6.92 Å². The number of amides is 1. The molecule has 0 aliphatic carbocycles. The van der Waals surface area contributed by atoms with E-state index in [1.54, 1.807) is 4.90 Å². The topological polar surface area (TPSA) is 57.6 Å². The maximum atomic E-state index is 11.9. The smallest absolute Gasteiger partial charge is 0.303 e. The van der Waals surface area contributed by atoms with E-state index in [1.807, 2.05) is 38.1 Å². The Labute approximate surface area is 101 Å². The van der Waals surface area contributed by atoms with Crippen molar-refractivity contribution in [2.45, 2.75) is 26.7 Å². The summed E-state index contributed by atoms with van der Waals surface area (Å²) in [7, 11) is 0. The minimum atomic E-state index is -0.945. The summed E-state index contributed by atoms with van der Waals surface area (Å²) in [5.74, 6) is -1.09. The monoisotopic (exact) mass is 235 g/mol. The van der Waals surface area contributed by atoms with Gasteiger partial charge in [-0.25, -0.2) is 0 Å². The van der Waals surface area contributed by atoms with E-state index in [0.29, 0.717) is 6.54 Å². The van der Waals surface area contributed by atoms with E-state index in [1.165, 1.54) is 0 Å². The quantitative estimate of drug-likeness (QED) is 0.851. The fourth-order valence-corrected chi connectivity index (χ4v) is 1.70. The molecule has 0 fully saturated rings. The Hall–Kier alpha value is -1.84. The summed E-state index contributed by atoms with van der Waals surface area (Å²) < 4.78 is 0. The van der Waals surface area contributed by atoms with Crippen molar-refractivity contribution in [2.24, 2.45) is 0 Å². The molecule has 0 aliphatic rings. The molecule has 1 aromatic rings. The van der Waals surface area contributed by atoms with Crippen LogP contribution < -0.4 is 4.90 Å². The molecule has 92 valence electrons. The summed E-state index contributed by atoms with van der Waals surface area (Å²) in [5, 5.41) is 8.57. The first-order valence-corrected chi connectivity index (χ1v) is 5.64. The highest BCUT2D eigenvalue weighted by atomic mass is 16.4. The molecular formula is C13H17NO3. The van der Waals surface area contributed by atoms with Crippen molar-refractivity contribution in [2.75, 3.05) is 11.4 Å². The van der Waals surface area contributed by atoms with Crippen molar-refractivity contribution >= 4 is 17.6 Å². The maximum absolute atomic E-state index is 11.9. The lowest BCUT2D eigenvalue weighted by Crippen LogP contribution is -2.31. The van der Waals surface area contributed by atoms with E-state index >= 15 is 0 Å². The molecule has 1 N–H and O–H groups in total. The fraction of sp³-hybridized carbons (Fsp3) is 0.385. The number of para-hydroxylation sites is 1. The zero-order chi connectivity index (χ0) is 12.8. The molecule has 0 radical (unpaired) electrons. The molecule has 0 heterocycles. The predicted molar refractivity (Wildman–Crippen MR) is 66.1 cm³/mol. The highest BCUT2D eigenvalue weighted by Crippen LogP contribution is 2.20. The molecule has 0 aromatic heterocycles. The Balaban J connectivity index is 2.81. The van der Waals surface area contributed by atoms with Gasteiger partial charge in [0.25, 0.3) is 0 Å². The minimum absolute atomic E-state index is 0.0392. The largest absolute Gasteiger partial charge is 0.481 e. The van der Waals surface area contributed by atoms with Crippen LogP contribution in [0.1, 0.15) is 25.3 Å². The fourth-order valence-electron chi connectivity index (χ4n) is 1.70. The number of carbonyl (C=O) groups excluding carboxylic acids is 1. The number of hydrogen-bond acceptors (Lipinski definition) is 2. The first-order valence-electron chi connectivity index (χ1n) is 5.64. The second-order valence-electron chi connectivity index (χ2n) is 3.82. The minimum Gasteiger partial charge on any atom is -0.481 e. The lowest BCUT2D eigenvalue weighted by molar-refractivity contribution is -0.138. The number of nitrogens with zero attached hydrogens (tertiary/aromatic N) is 1. The molecule has 17 heavy (non-hydrogen) atoms. The van der Waals surface area contributed by atoms with Gasteiger partial charge < -0.3 is 10.0 Å². The van der Waals surface area contributed by atoms with Gasteiger partial charge in [0.2, 0.25) is 5.91 Å². The van der Waals surface area contributed by atoms with Crippen molar-refractivity contribution in [1.29, 1.82) is 0 Å². The number of carbonyl (C=O) groups is 2. The molecule has 1 aromatic carbocycles. The molecule has 4 nitrogen and oxygen atoms in total. The van der Waals surface area contributed by atoms with Crippen molar-refractivity contribution in [3.63, 3.8) is 0 Å². The van der Waals surface area contributed by atoms with E-state index in [2.05, 4.69) is 0 Å². The van der Waals surface area contributed by atoms with Gasteiger partial charge in [0.1, 0.15) is 0 Å². The Morgan fingerprint density at radius 1 is 1.24 bits per heavy atom. The first-order chi connectivity index (χ1) is 8.06. The van der Waals surface area contributed by atoms with E-state index in [0.717, 1.165) is 11.3 Å². The van der Waals surface area contributed by atoms with Crippen LogP contribution in [0.3, 0.4) is 0 Å². The number of aryl methyl sites for hydroxylation is 1. The third-order valence-corrected chi connectivity index (χ3v) is 2.58. The molecular weight excluding hydrogens is 218 g/mol. The Morgan fingerprint density at radius 2 is 1.88 bits per heavy atom. The van der Waals surface area contributed by atoms with Crippen LogP contribution >= 0.6 is 0 Å². The normalized spacial score (nSPS) is 10.0. The predicted octanol–water partition coefficient (Wildman–Crippen LogP) is 2.21. The summed E-state index contributed by atoms with van der Waals surface area (Å²) >= 11 is 0. The number of hydrogen-bond donors (Lipinski definition) is 1. The number of rotatable bonds is 5. The molecule has 0 saturated carbocycles. The van der Waals surface area contributed by atoms with Crippen molar-refractivity contribution in [1.82, 2.24) is 0 Å². The van der Waals surface area contributed by atoms with E-state index in [-0.39, 0.29) is 18.7 Å². The van der Waals surface area contributed by atoms with Crippen molar-refractivity contribution < 1.29 is 14.7 Å². The third kappa shape index (κ3) is 3.59. The number of carboxylic acids is 1. The molecule has 0 unspecified atom stereocenters. The Bertz CT molecular complexity index is 415. The summed E-state index contributed by atoms with van der Waals surface area (Å²) in [6.07, 6.45) is -0.0846. The molecule has 0 spiro atoms. The van der Waals surface area contributed by atoms with Gasteiger partial charge in [-0.2, -0.15) is 0 Å². The Kier molecular flexibility index (Phi) is 4.69. The van der Waals surface area contributed by atoms with Crippen molar-refractivity contribution in [3.05, 3.63) is 29.8 Å². The van der Waals surface area contributed by atoms with Crippen LogP contribution in [-0.2, 0) is 9.59 Å². The van der Waals surface area contributed by atoms with Gasteiger partial charge in [-0.1, -0.05) is 18.2 Å². The maximum Gasteiger partial charge on any atom is 0.303 e. The number of aliphatic carboxylic acids is 1. The molecule has 1 rings (SSSR count). The summed E-state index contributed by atoms with van der Waals surface area (Å²) in [6.45, 7) is 4.36. The van der Waals surface area contributed by atoms with Gasteiger partial charge in [0.05, 0.1) is 6.42 Å². The summed E-state index contributed by atoms with van der Waals surface area (Å²) in [4.78, 5) is 24.0. The van der Waals surface area contributed by atoms with E-state index in [4.69, 9.17) is 5.11 Å². The molecule has 0 bridgehead atoms. The third-order valence-electron chi connectivity index (χ3n) is 2.58. The zero-order valence-electron chi connectivity index (χ0n) is 10.1. The summed E-state index contributed by atoms with van der Waals surface area (Å²) in [6, 6.07) is 7.59. The van der Waals surface area contributed by atoms with Crippen LogP contribution in [0.2, 0.25) is 0 Å². The SMILES string of the molecule is CCN(C(=O)CCC(=O)O)c1ccccc1C. The Morgan fingerprint density at radius 3 is 2.41 bits per heavy atom. The average Bonchev–Trinajstić information content (AvgIpc) is 2.30. The van der Waals surface area contributed by atoms with Gasteiger partial charge in [0, 0.05) is 18.7 Å². The summed E-state index contributed by atoms with van der Waals surface area (Å²) in [5.41, 5.74) is 1.86. The van der Waals surface area contributed by atoms with E-state index in [9.17, 15) is 9.59 Å². The first kappa shape index (κ1) is 13.2. The highest BCUT2D eigenvalue weighted by molar-refractivity contribution is 5.95. The van der Waals surface area contributed by atoms with Gasteiger partial charge in [-0.15, -0.1) is 0 Å². The van der Waals surface area contributed by atoms with Gasteiger partial charge in [-0.3, -0.25) is 9.59 Å². The standard InChI is InChI=1S/C13H17NO3/c1-3-14(12(15)8-9-13(16)17)11-7-5-4-6-10(11)2/h4-7H,3,8-9H2,1-2H3,(H,16,17). The van der Waals surface area contributed by atoms with Gasteiger partial charge in [-0.05, 0) is 25.5 Å². The van der Waals surface area contributed by atoms with Gasteiger partial charge >= 0.3 is 5.97 Å². The highest BCUT2D eigenvalue weighted by Gasteiger charge is 2.16. The van der Waals surface area contributed by atoms with Gasteiger partial charge in [0.15, 0.2) is 0 Å². The number of benzene rings is 1. The lowest BCUT2D eigenvalue weighted by atomic mass is 10.1. The van der Waals surface area contributed by atoms with Crippen LogP contribution in [0.4, 0.5) is 5.69 Å². The molecule has 1 amide bonds. The molecule has 0 saturated heterocycles. The molecule has 0 aliphatic heterocycles. The lowest BCUT2D eigenvalue weighted by Gasteiger charge is -2.22. The average molecular weight is 235 g/mol.